The molecule has 0 saturated carbocycles. The maximum Gasteiger partial charge on any atom is 0.243 e. The van der Waals surface area contributed by atoms with Gasteiger partial charge in [-0.25, -0.2) is 23.4 Å². The number of H-pyrrole nitrogens is 2. The van der Waals surface area contributed by atoms with E-state index in [1.165, 1.54) is 10.6 Å². The third-order valence-electron chi connectivity index (χ3n) is 4.96. The molecule has 29 heavy (non-hydrogen) atoms. The lowest BCUT2D eigenvalue weighted by Gasteiger charge is -2.34. The zero-order valence-corrected chi connectivity index (χ0v) is 16.2. The number of rotatable bonds is 4. The molecule has 0 aliphatic carbocycles. The number of hydrogen-bond donors (Lipinski definition) is 2. The molecule has 1 aliphatic rings. The summed E-state index contributed by atoms with van der Waals surface area (Å²) < 4.78 is 27.2. The second-order valence-corrected chi connectivity index (χ2v) is 8.61. The van der Waals surface area contributed by atoms with E-state index in [2.05, 4.69) is 35.0 Å². The fourth-order valence-corrected chi connectivity index (χ4v) is 4.90. The first kappa shape index (κ1) is 17.8. The minimum atomic E-state index is -3.49. The molecule has 1 fully saturated rings. The first-order valence-corrected chi connectivity index (χ1v) is 10.6. The number of sulfonamides is 1. The van der Waals surface area contributed by atoms with Crippen molar-refractivity contribution in [1.29, 1.82) is 0 Å². The highest BCUT2D eigenvalue weighted by atomic mass is 32.2. The number of aromatic amines is 2. The summed E-state index contributed by atoms with van der Waals surface area (Å²) in [4.78, 5) is 18.8. The van der Waals surface area contributed by atoms with E-state index in [0.29, 0.717) is 48.4 Å². The molecular formula is C18H18N8O2S. The fraction of sp³-hybridized carbons (Fsp3) is 0.222. The van der Waals surface area contributed by atoms with Crippen molar-refractivity contribution in [2.45, 2.75) is 4.90 Å². The van der Waals surface area contributed by atoms with Crippen LogP contribution in [-0.2, 0) is 10.0 Å². The lowest BCUT2D eigenvalue weighted by Crippen LogP contribution is -2.49. The van der Waals surface area contributed by atoms with Crippen molar-refractivity contribution in [3.8, 4) is 11.4 Å². The average molecular weight is 410 g/mol. The molecule has 11 heteroatoms. The first-order valence-electron chi connectivity index (χ1n) is 9.13. The van der Waals surface area contributed by atoms with E-state index in [0.717, 1.165) is 11.1 Å². The zero-order chi connectivity index (χ0) is 19.8. The molecule has 4 heterocycles. The minimum Gasteiger partial charge on any atom is -0.352 e. The van der Waals surface area contributed by atoms with Crippen molar-refractivity contribution in [2.24, 2.45) is 0 Å². The van der Waals surface area contributed by atoms with Crippen molar-refractivity contribution in [3.63, 3.8) is 0 Å². The number of nitrogens with zero attached hydrogens (tertiary/aromatic N) is 6. The molecule has 0 bridgehead atoms. The Labute approximate surface area is 166 Å². The van der Waals surface area contributed by atoms with Crippen molar-refractivity contribution in [3.05, 3.63) is 49.1 Å². The predicted octanol–water partition coefficient (Wildman–Crippen LogP) is 1.25. The topological polar surface area (TPSA) is 124 Å². The standard InChI is InChI=1S/C18H18N8O2S/c27-29(28,14-4-2-1-3-5-14)26-8-6-25(7-9-26)18-15-17(19-12-20-18)24-16(23-15)13-10-21-22-11-13/h1-5,10-12H,6-9H2,(H,21,22)(H,19,20,23,24). The van der Waals surface area contributed by atoms with Gasteiger partial charge in [0.2, 0.25) is 10.0 Å². The Bertz CT molecular complexity index is 1230. The van der Waals surface area contributed by atoms with Crippen molar-refractivity contribution < 1.29 is 8.42 Å². The van der Waals surface area contributed by atoms with Crippen molar-refractivity contribution >= 4 is 27.0 Å². The smallest absolute Gasteiger partial charge is 0.243 e. The zero-order valence-electron chi connectivity index (χ0n) is 15.4. The molecule has 10 nitrogen and oxygen atoms in total. The van der Waals surface area contributed by atoms with Crippen LogP contribution in [0.1, 0.15) is 0 Å². The molecule has 0 atom stereocenters. The Morgan fingerprint density at radius 3 is 2.52 bits per heavy atom. The molecule has 1 aromatic carbocycles. The average Bonchev–Trinajstić information content (AvgIpc) is 3.44. The molecule has 0 amide bonds. The number of hydrogen-bond acceptors (Lipinski definition) is 7. The van der Waals surface area contributed by atoms with Gasteiger partial charge in [0, 0.05) is 32.4 Å². The van der Waals surface area contributed by atoms with Gasteiger partial charge >= 0.3 is 0 Å². The van der Waals surface area contributed by atoms with Gasteiger partial charge in [-0.2, -0.15) is 9.40 Å². The Morgan fingerprint density at radius 2 is 1.79 bits per heavy atom. The van der Waals surface area contributed by atoms with Crippen LogP contribution < -0.4 is 4.90 Å². The molecule has 2 N–H and O–H groups in total. The van der Waals surface area contributed by atoms with E-state index in [-0.39, 0.29) is 0 Å². The quantitative estimate of drug-likeness (QED) is 0.519. The summed E-state index contributed by atoms with van der Waals surface area (Å²) in [5.74, 6) is 1.37. The van der Waals surface area contributed by atoms with Gasteiger partial charge in [0.05, 0.1) is 16.7 Å². The summed E-state index contributed by atoms with van der Waals surface area (Å²) in [6.45, 7) is 1.81. The van der Waals surface area contributed by atoms with Crippen LogP contribution in [0, 0.1) is 0 Å². The molecular weight excluding hydrogens is 392 g/mol. The van der Waals surface area contributed by atoms with E-state index in [4.69, 9.17) is 0 Å². The summed E-state index contributed by atoms with van der Waals surface area (Å²) in [6, 6.07) is 8.52. The summed E-state index contributed by atoms with van der Waals surface area (Å²) in [6.07, 6.45) is 4.90. The van der Waals surface area contributed by atoms with E-state index in [9.17, 15) is 8.42 Å². The second-order valence-electron chi connectivity index (χ2n) is 6.67. The largest absolute Gasteiger partial charge is 0.352 e. The van der Waals surface area contributed by atoms with E-state index >= 15 is 0 Å². The van der Waals surface area contributed by atoms with Crippen molar-refractivity contribution in [1.82, 2.24) is 34.4 Å². The third-order valence-corrected chi connectivity index (χ3v) is 6.87. The van der Waals surface area contributed by atoms with Gasteiger partial charge in [-0.1, -0.05) is 18.2 Å². The predicted molar refractivity (Wildman–Crippen MR) is 107 cm³/mol. The maximum atomic E-state index is 12.8. The Kier molecular flexibility index (Phi) is 4.25. The third kappa shape index (κ3) is 3.13. The molecule has 0 spiro atoms. The van der Waals surface area contributed by atoms with E-state index in [1.54, 1.807) is 42.7 Å². The Morgan fingerprint density at radius 1 is 1.00 bits per heavy atom. The second kappa shape index (κ2) is 6.94. The van der Waals surface area contributed by atoms with Gasteiger partial charge in [0.25, 0.3) is 0 Å². The Balaban J connectivity index is 1.39. The summed E-state index contributed by atoms with van der Waals surface area (Å²) >= 11 is 0. The Hall–Kier alpha value is -3.31. The summed E-state index contributed by atoms with van der Waals surface area (Å²) in [5.41, 5.74) is 2.11. The SMILES string of the molecule is O=S(=O)(c1ccccc1)N1CCN(c2ncnc3nc(-c4cn[nH]c4)[nH]c23)CC1. The molecule has 0 radical (unpaired) electrons. The van der Waals surface area contributed by atoms with Gasteiger partial charge in [-0.3, -0.25) is 5.10 Å². The maximum absolute atomic E-state index is 12.8. The minimum absolute atomic E-state index is 0.316. The normalized spacial score (nSPS) is 15.8. The van der Waals surface area contributed by atoms with Crippen LogP contribution in [0.25, 0.3) is 22.6 Å². The van der Waals surface area contributed by atoms with E-state index < -0.39 is 10.0 Å². The molecule has 0 unspecified atom stereocenters. The fourth-order valence-electron chi connectivity index (χ4n) is 3.45. The highest BCUT2D eigenvalue weighted by molar-refractivity contribution is 7.89. The van der Waals surface area contributed by atoms with Crippen LogP contribution in [0.15, 0.2) is 53.9 Å². The van der Waals surface area contributed by atoms with Gasteiger partial charge in [-0.05, 0) is 12.1 Å². The van der Waals surface area contributed by atoms with Gasteiger partial charge in [0.1, 0.15) is 17.7 Å². The number of piperazine rings is 1. The first-order chi connectivity index (χ1) is 14.1. The number of anilines is 1. The lowest BCUT2D eigenvalue weighted by molar-refractivity contribution is 0.384. The lowest BCUT2D eigenvalue weighted by atomic mass is 10.3. The summed E-state index contributed by atoms with van der Waals surface area (Å²) in [7, 11) is -3.49. The number of benzene rings is 1. The van der Waals surface area contributed by atoms with Crippen LogP contribution in [0.4, 0.5) is 5.82 Å². The molecule has 148 valence electrons. The van der Waals surface area contributed by atoms with Gasteiger partial charge in [-0.15, -0.1) is 0 Å². The van der Waals surface area contributed by atoms with Crippen molar-refractivity contribution in [2.75, 3.05) is 31.1 Å². The number of fused-ring (bicyclic) bond motifs is 1. The van der Waals surface area contributed by atoms with Crippen LogP contribution in [0.2, 0.25) is 0 Å². The van der Waals surface area contributed by atoms with Gasteiger partial charge in [0.15, 0.2) is 11.5 Å². The molecule has 1 saturated heterocycles. The van der Waals surface area contributed by atoms with Crippen LogP contribution in [-0.4, -0.2) is 69.0 Å². The van der Waals surface area contributed by atoms with Crippen LogP contribution >= 0.6 is 0 Å². The van der Waals surface area contributed by atoms with Crippen LogP contribution in [0.3, 0.4) is 0 Å². The number of nitrogens with one attached hydrogen (secondary N) is 2. The highest BCUT2D eigenvalue weighted by Crippen LogP contribution is 2.26. The molecule has 3 aromatic heterocycles. The van der Waals surface area contributed by atoms with Crippen LogP contribution in [0.5, 0.6) is 0 Å². The molecule has 5 rings (SSSR count). The monoisotopic (exact) mass is 410 g/mol. The van der Waals surface area contributed by atoms with E-state index in [1.807, 2.05) is 0 Å². The summed E-state index contributed by atoms with van der Waals surface area (Å²) in [5, 5.41) is 6.71. The number of aromatic nitrogens is 6. The van der Waals surface area contributed by atoms with Gasteiger partial charge < -0.3 is 9.88 Å². The molecule has 4 aromatic rings. The highest BCUT2D eigenvalue weighted by Gasteiger charge is 2.29. The molecule has 1 aliphatic heterocycles. The number of imidazole rings is 1.